The molecule has 106 valence electrons. The Morgan fingerprint density at radius 2 is 1.85 bits per heavy atom. The Hall–Kier alpha value is -1.58. The van der Waals surface area contributed by atoms with E-state index in [-0.39, 0.29) is 5.69 Å². The Bertz CT molecular complexity index is 663. The molecule has 0 bridgehead atoms. The van der Waals surface area contributed by atoms with E-state index in [1.807, 2.05) is 22.6 Å². The Labute approximate surface area is 125 Å². The molecule has 0 radical (unpaired) electrons. The summed E-state index contributed by atoms with van der Waals surface area (Å²) in [4.78, 5) is 11.0. The van der Waals surface area contributed by atoms with Gasteiger partial charge in [-0.2, -0.15) is 18.3 Å². The lowest BCUT2D eigenvalue weighted by Crippen LogP contribution is -2.06. The number of aromatic carboxylic acids is 1. The molecule has 0 saturated carbocycles. The minimum Gasteiger partial charge on any atom is -0.476 e. The smallest absolute Gasteiger partial charge is 0.416 e. The third-order valence-corrected chi connectivity index (χ3v) is 3.98. The normalized spacial score (nSPS) is 11.7. The molecule has 4 nitrogen and oxygen atoms in total. The number of carbonyl (C=O) groups is 1. The van der Waals surface area contributed by atoms with Crippen molar-refractivity contribution in [2.75, 3.05) is 0 Å². The van der Waals surface area contributed by atoms with Gasteiger partial charge in [-0.05, 0) is 53.8 Å². The highest BCUT2D eigenvalue weighted by Gasteiger charge is 2.30. The van der Waals surface area contributed by atoms with Crippen molar-refractivity contribution in [1.29, 1.82) is 0 Å². The van der Waals surface area contributed by atoms with Crippen molar-refractivity contribution in [1.82, 2.24) is 9.78 Å². The molecule has 0 aliphatic heterocycles. The van der Waals surface area contributed by atoms with Crippen molar-refractivity contribution in [3.63, 3.8) is 0 Å². The molecule has 0 amide bonds. The Kier molecular flexibility index (Phi) is 3.76. The van der Waals surface area contributed by atoms with Crippen LogP contribution in [-0.4, -0.2) is 20.9 Å². The molecule has 2 rings (SSSR count). The first-order chi connectivity index (χ1) is 9.21. The van der Waals surface area contributed by atoms with Crippen LogP contribution in [0.2, 0.25) is 0 Å². The first-order valence-electron chi connectivity index (χ1n) is 5.38. The van der Waals surface area contributed by atoms with Crippen LogP contribution >= 0.6 is 22.6 Å². The molecule has 20 heavy (non-hydrogen) atoms. The van der Waals surface area contributed by atoms with E-state index in [0.717, 1.165) is 12.1 Å². The van der Waals surface area contributed by atoms with Gasteiger partial charge in [0.2, 0.25) is 0 Å². The van der Waals surface area contributed by atoms with Crippen LogP contribution in [0.4, 0.5) is 13.2 Å². The molecule has 0 atom stereocenters. The Morgan fingerprint density at radius 1 is 1.30 bits per heavy atom. The third-order valence-electron chi connectivity index (χ3n) is 2.69. The molecule has 0 aliphatic rings. The summed E-state index contributed by atoms with van der Waals surface area (Å²) in [5.41, 5.74) is 0.0471. The molecule has 0 unspecified atom stereocenters. The second-order valence-corrected chi connectivity index (χ2v) is 5.09. The molecule has 1 aromatic heterocycles. The molecule has 0 aliphatic carbocycles. The van der Waals surface area contributed by atoms with Gasteiger partial charge in [0, 0.05) is 0 Å². The van der Waals surface area contributed by atoms with Gasteiger partial charge in [-0.15, -0.1) is 0 Å². The fourth-order valence-electron chi connectivity index (χ4n) is 1.66. The largest absolute Gasteiger partial charge is 0.476 e. The molecule has 0 spiro atoms. The van der Waals surface area contributed by atoms with E-state index in [1.165, 1.54) is 16.8 Å². The summed E-state index contributed by atoms with van der Waals surface area (Å²) < 4.78 is 39.2. The average molecular weight is 396 g/mol. The molecule has 2 aromatic rings. The van der Waals surface area contributed by atoms with Gasteiger partial charge >= 0.3 is 12.1 Å². The number of nitrogens with zero attached hydrogens (tertiary/aromatic N) is 2. The fraction of sp³-hybridized carbons (Fsp3) is 0.167. The molecule has 0 saturated heterocycles. The molecule has 0 fully saturated rings. The fourth-order valence-corrected chi connectivity index (χ4v) is 2.23. The van der Waals surface area contributed by atoms with E-state index in [9.17, 15) is 18.0 Å². The summed E-state index contributed by atoms with van der Waals surface area (Å²) >= 11 is 1.84. The maximum atomic E-state index is 12.5. The van der Waals surface area contributed by atoms with Crippen LogP contribution in [0.1, 0.15) is 21.7 Å². The zero-order chi connectivity index (χ0) is 15.1. The highest BCUT2D eigenvalue weighted by atomic mass is 127. The van der Waals surface area contributed by atoms with E-state index in [1.54, 1.807) is 6.92 Å². The van der Waals surface area contributed by atoms with Crippen molar-refractivity contribution < 1.29 is 23.1 Å². The Morgan fingerprint density at radius 3 is 2.25 bits per heavy atom. The molecule has 1 heterocycles. The number of carboxylic acid groups (broad SMARTS) is 1. The minimum atomic E-state index is -4.40. The van der Waals surface area contributed by atoms with Crippen LogP contribution in [0, 0.1) is 10.5 Å². The highest BCUT2D eigenvalue weighted by molar-refractivity contribution is 14.1. The van der Waals surface area contributed by atoms with Gasteiger partial charge in [-0.3, -0.25) is 0 Å². The van der Waals surface area contributed by atoms with E-state index in [4.69, 9.17) is 5.11 Å². The topological polar surface area (TPSA) is 55.1 Å². The van der Waals surface area contributed by atoms with E-state index in [2.05, 4.69) is 5.10 Å². The number of carboxylic acids is 1. The second-order valence-electron chi connectivity index (χ2n) is 4.01. The van der Waals surface area contributed by atoms with E-state index in [0.29, 0.717) is 15.0 Å². The van der Waals surface area contributed by atoms with Crippen LogP contribution in [-0.2, 0) is 6.18 Å². The van der Waals surface area contributed by atoms with Gasteiger partial charge in [-0.25, -0.2) is 9.48 Å². The SMILES string of the molecule is Cc1c(I)c(C(=O)O)nn1-c1ccc(C(F)(F)F)cc1. The quantitative estimate of drug-likeness (QED) is 0.791. The summed E-state index contributed by atoms with van der Waals surface area (Å²) in [7, 11) is 0. The van der Waals surface area contributed by atoms with E-state index >= 15 is 0 Å². The number of alkyl halides is 3. The number of hydrogen-bond acceptors (Lipinski definition) is 2. The van der Waals surface area contributed by atoms with Crippen LogP contribution < -0.4 is 0 Å². The van der Waals surface area contributed by atoms with Crippen LogP contribution in [0.3, 0.4) is 0 Å². The average Bonchev–Trinajstić information content (AvgIpc) is 2.66. The van der Waals surface area contributed by atoms with Crippen molar-refractivity contribution in [3.8, 4) is 5.69 Å². The van der Waals surface area contributed by atoms with Gasteiger partial charge in [-0.1, -0.05) is 0 Å². The molecular weight excluding hydrogens is 388 g/mol. The van der Waals surface area contributed by atoms with Crippen LogP contribution in [0.15, 0.2) is 24.3 Å². The van der Waals surface area contributed by atoms with Gasteiger partial charge in [0.05, 0.1) is 20.5 Å². The van der Waals surface area contributed by atoms with Gasteiger partial charge in [0.25, 0.3) is 0 Å². The third kappa shape index (κ3) is 2.65. The monoisotopic (exact) mass is 396 g/mol. The van der Waals surface area contributed by atoms with Gasteiger partial charge < -0.3 is 5.11 Å². The summed E-state index contributed by atoms with van der Waals surface area (Å²) in [6.07, 6.45) is -4.40. The molecule has 1 aromatic carbocycles. The number of benzene rings is 1. The zero-order valence-corrected chi connectivity index (χ0v) is 12.2. The van der Waals surface area contributed by atoms with Crippen LogP contribution in [0.25, 0.3) is 5.69 Å². The molecule has 8 heteroatoms. The summed E-state index contributed by atoms with van der Waals surface area (Å²) in [5.74, 6) is -1.18. The molecule has 1 N–H and O–H groups in total. The number of hydrogen-bond donors (Lipinski definition) is 1. The summed E-state index contributed by atoms with van der Waals surface area (Å²) in [5, 5.41) is 12.9. The number of rotatable bonds is 2. The van der Waals surface area contributed by atoms with Crippen LogP contribution in [0.5, 0.6) is 0 Å². The molecular formula is C12H8F3IN2O2. The number of halogens is 4. The lowest BCUT2D eigenvalue weighted by Gasteiger charge is -2.08. The predicted molar refractivity (Wildman–Crippen MR) is 73.0 cm³/mol. The summed E-state index contributed by atoms with van der Waals surface area (Å²) in [6.45, 7) is 1.65. The van der Waals surface area contributed by atoms with Gasteiger partial charge in [0.15, 0.2) is 5.69 Å². The second kappa shape index (κ2) is 5.08. The zero-order valence-electron chi connectivity index (χ0n) is 10.1. The lowest BCUT2D eigenvalue weighted by atomic mass is 10.2. The standard InChI is InChI=1S/C12H8F3IN2O2/c1-6-9(16)10(11(19)20)17-18(6)8-4-2-7(3-5-8)12(13,14)15/h2-5H,1H3,(H,19,20). The maximum absolute atomic E-state index is 12.5. The van der Waals surface area contributed by atoms with Gasteiger partial charge in [0.1, 0.15) is 0 Å². The first-order valence-corrected chi connectivity index (χ1v) is 6.45. The van der Waals surface area contributed by atoms with Crippen molar-refractivity contribution >= 4 is 28.6 Å². The highest BCUT2D eigenvalue weighted by Crippen LogP contribution is 2.30. The Balaban J connectivity index is 2.47. The van der Waals surface area contributed by atoms with Crippen molar-refractivity contribution in [2.24, 2.45) is 0 Å². The first kappa shape index (κ1) is 14.8. The summed E-state index contributed by atoms with van der Waals surface area (Å²) in [6, 6.07) is 4.38. The number of aromatic nitrogens is 2. The maximum Gasteiger partial charge on any atom is 0.416 e. The lowest BCUT2D eigenvalue weighted by molar-refractivity contribution is -0.137. The van der Waals surface area contributed by atoms with Crippen molar-refractivity contribution in [2.45, 2.75) is 13.1 Å². The van der Waals surface area contributed by atoms with Crippen molar-refractivity contribution in [3.05, 3.63) is 44.8 Å². The predicted octanol–water partition coefficient (Wildman–Crippen LogP) is 3.50. The minimum absolute atomic E-state index is 0.122. The van der Waals surface area contributed by atoms with E-state index < -0.39 is 17.7 Å².